The van der Waals surface area contributed by atoms with Crippen molar-refractivity contribution >= 4 is 28.1 Å². The van der Waals surface area contributed by atoms with E-state index in [9.17, 15) is 18.4 Å². The van der Waals surface area contributed by atoms with Crippen LogP contribution in [-0.4, -0.2) is 58.2 Å². The number of hydrogen-bond donors (Lipinski definition) is 2. The summed E-state index contributed by atoms with van der Waals surface area (Å²) in [5.74, 6) is -1.16. The second-order valence-electron chi connectivity index (χ2n) is 7.16. The van der Waals surface area contributed by atoms with Crippen molar-refractivity contribution in [3.05, 3.63) is 40.2 Å². The predicted octanol–water partition coefficient (Wildman–Crippen LogP) is 2.47. The summed E-state index contributed by atoms with van der Waals surface area (Å²) in [6, 6.07) is 2.78. The smallest absolute Gasteiger partial charge is 0.381 e. The number of anilines is 2. The Morgan fingerprint density at radius 2 is 2.21 bits per heavy atom. The summed E-state index contributed by atoms with van der Waals surface area (Å²) in [7, 11) is 1.28. The lowest BCUT2D eigenvalue weighted by molar-refractivity contribution is -0.0593. The molecule has 1 aliphatic carbocycles. The molecule has 2 atom stereocenters. The largest absolute Gasteiger partial charge is 0.488 e. The fourth-order valence-corrected chi connectivity index (χ4v) is 3.96. The lowest BCUT2D eigenvalue weighted by Crippen LogP contribution is -2.45. The van der Waals surface area contributed by atoms with E-state index >= 15 is 0 Å². The van der Waals surface area contributed by atoms with Crippen LogP contribution in [0.3, 0.4) is 0 Å². The van der Waals surface area contributed by atoms with Crippen LogP contribution in [0.1, 0.15) is 29.1 Å². The molecule has 0 spiro atoms. The number of nitrogens with zero attached hydrogens (tertiary/aromatic N) is 4. The molecule has 176 valence electrons. The van der Waals surface area contributed by atoms with E-state index in [1.165, 1.54) is 13.2 Å². The van der Waals surface area contributed by atoms with Gasteiger partial charge in [0, 0.05) is 18.0 Å². The van der Waals surface area contributed by atoms with Crippen molar-refractivity contribution in [3.8, 4) is 10.9 Å². The van der Waals surface area contributed by atoms with Gasteiger partial charge in [-0.1, -0.05) is 11.3 Å². The Morgan fingerprint density at radius 3 is 2.85 bits per heavy atom. The number of alkyl halides is 2. The number of halogens is 2. The van der Waals surface area contributed by atoms with Gasteiger partial charge >= 0.3 is 5.63 Å². The second-order valence-corrected chi connectivity index (χ2v) is 8.12. The highest BCUT2D eigenvalue weighted by Gasteiger charge is 2.33. The number of nitrogens with one attached hydrogen (secondary N) is 2. The standard InChI is InChI=1S/C19H20F2N6O5S/c1-9-5-6-22-27(9)19-26-25-18(33-19)24-16(28)13-7-11(15(30-2)17(29)32-13)23-10-3-4-12(10)31-8-14(20)21/h5-7,10,12,14,23H,3-4,8H2,1-2H3,(H,24,25,28)/t10-,12+/m1/s1. The molecule has 1 amide bonds. The van der Waals surface area contributed by atoms with Gasteiger partial charge in [0.15, 0.2) is 5.76 Å². The maximum atomic E-state index is 12.7. The first-order valence-electron chi connectivity index (χ1n) is 9.90. The number of carbonyl (C=O) groups is 1. The molecule has 0 saturated heterocycles. The van der Waals surface area contributed by atoms with Gasteiger partial charge in [0.1, 0.15) is 6.61 Å². The van der Waals surface area contributed by atoms with Crippen LogP contribution in [0.2, 0.25) is 0 Å². The molecule has 33 heavy (non-hydrogen) atoms. The van der Waals surface area contributed by atoms with Gasteiger partial charge in [-0.2, -0.15) is 5.10 Å². The summed E-state index contributed by atoms with van der Waals surface area (Å²) in [5, 5.41) is 18.2. The van der Waals surface area contributed by atoms with Gasteiger partial charge in [0.2, 0.25) is 16.0 Å². The van der Waals surface area contributed by atoms with E-state index in [1.807, 2.05) is 6.92 Å². The normalized spacial score (nSPS) is 17.6. The SMILES string of the molecule is COc1c(N[C@@H]2CC[C@@H]2OCC(F)F)cc(C(=O)Nc2nnc(-n3nccc3C)s2)oc1=O. The number of rotatable bonds is 9. The van der Waals surface area contributed by atoms with Crippen LogP contribution < -0.4 is 21.0 Å². The Labute approximate surface area is 189 Å². The fraction of sp³-hybridized carbons (Fsp3) is 0.421. The average molecular weight is 482 g/mol. The molecule has 1 aliphatic rings. The highest BCUT2D eigenvalue weighted by molar-refractivity contribution is 7.17. The minimum absolute atomic E-state index is 0.140. The number of aromatic nitrogens is 4. The molecule has 0 aliphatic heterocycles. The highest BCUT2D eigenvalue weighted by Crippen LogP contribution is 2.31. The summed E-state index contributed by atoms with van der Waals surface area (Å²) in [6.07, 6.45) is -0.173. The Balaban J connectivity index is 1.49. The van der Waals surface area contributed by atoms with E-state index in [1.54, 1.807) is 16.9 Å². The van der Waals surface area contributed by atoms with Crippen LogP contribution in [0.25, 0.3) is 5.13 Å². The Kier molecular flexibility index (Phi) is 6.65. The molecule has 3 heterocycles. The van der Waals surface area contributed by atoms with Crippen LogP contribution in [-0.2, 0) is 4.74 Å². The van der Waals surface area contributed by atoms with Crippen molar-refractivity contribution in [2.45, 2.75) is 38.3 Å². The third-order valence-electron chi connectivity index (χ3n) is 4.97. The number of carbonyl (C=O) groups excluding carboxylic acids is 1. The summed E-state index contributed by atoms with van der Waals surface area (Å²) >= 11 is 1.08. The zero-order valence-corrected chi connectivity index (χ0v) is 18.4. The Morgan fingerprint density at radius 1 is 1.39 bits per heavy atom. The van der Waals surface area contributed by atoms with Crippen LogP contribution in [0.15, 0.2) is 27.5 Å². The molecule has 2 N–H and O–H groups in total. The molecule has 11 nitrogen and oxygen atoms in total. The summed E-state index contributed by atoms with van der Waals surface area (Å²) in [4.78, 5) is 25.0. The molecule has 0 aromatic carbocycles. The van der Waals surface area contributed by atoms with Gasteiger partial charge in [-0.15, -0.1) is 10.2 Å². The van der Waals surface area contributed by atoms with Gasteiger partial charge < -0.3 is 19.2 Å². The van der Waals surface area contributed by atoms with E-state index in [0.29, 0.717) is 18.0 Å². The zero-order valence-electron chi connectivity index (χ0n) is 17.6. The van der Waals surface area contributed by atoms with Crippen LogP contribution in [0.4, 0.5) is 19.6 Å². The number of methoxy groups -OCH3 is 1. The van der Waals surface area contributed by atoms with Crippen LogP contribution >= 0.6 is 11.3 Å². The number of hydrogen-bond acceptors (Lipinski definition) is 10. The van der Waals surface area contributed by atoms with Crippen molar-refractivity contribution in [1.29, 1.82) is 0 Å². The number of ether oxygens (including phenoxy) is 2. The lowest BCUT2D eigenvalue weighted by atomic mass is 9.88. The van der Waals surface area contributed by atoms with Gasteiger partial charge in [-0.3, -0.25) is 10.1 Å². The molecule has 3 aromatic heterocycles. The fourth-order valence-electron chi connectivity index (χ4n) is 3.20. The first-order chi connectivity index (χ1) is 15.9. The molecular weight excluding hydrogens is 462 g/mol. The topological polar surface area (TPSA) is 133 Å². The lowest BCUT2D eigenvalue weighted by Gasteiger charge is -2.37. The first-order valence-corrected chi connectivity index (χ1v) is 10.7. The van der Waals surface area contributed by atoms with Gasteiger partial charge in [-0.05, 0) is 25.8 Å². The van der Waals surface area contributed by atoms with Crippen molar-refractivity contribution in [2.75, 3.05) is 24.4 Å². The third-order valence-corrected chi connectivity index (χ3v) is 5.79. The highest BCUT2D eigenvalue weighted by atomic mass is 32.1. The van der Waals surface area contributed by atoms with E-state index in [4.69, 9.17) is 13.9 Å². The van der Waals surface area contributed by atoms with Gasteiger partial charge in [-0.25, -0.2) is 18.3 Å². The van der Waals surface area contributed by atoms with Crippen molar-refractivity contribution in [3.63, 3.8) is 0 Å². The van der Waals surface area contributed by atoms with E-state index < -0.39 is 30.7 Å². The number of amides is 1. The molecule has 0 unspecified atom stereocenters. The molecule has 4 rings (SSSR count). The third kappa shape index (κ3) is 5.01. The van der Waals surface area contributed by atoms with E-state index in [-0.39, 0.29) is 28.4 Å². The molecule has 3 aromatic rings. The van der Waals surface area contributed by atoms with Crippen LogP contribution in [0.5, 0.6) is 5.75 Å². The van der Waals surface area contributed by atoms with Gasteiger partial charge in [0.25, 0.3) is 12.3 Å². The van der Waals surface area contributed by atoms with Crippen molar-refractivity contribution in [2.24, 2.45) is 0 Å². The quantitative estimate of drug-likeness (QED) is 0.472. The molecular formula is C19H20F2N6O5S. The predicted molar refractivity (Wildman–Crippen MR) is 114 cm³/mol. The summed E-state index contributed by atoms with van der Waals surface area (Å²) in [6.45, 7) is 1.17. The van der Waals surface area contributed by atoms with Gasteiger partial charge in [0.05, 0.1) is 24.9 Å². The second kappa shape index (κ2) is 9.62. The maximum Gasteiger partial charge on any atom is 0.381 e. The Hall–Kier alpha value is -3.39. The minimum atomic E-state index is -2.57. The monoisotopic (exact) mass is 482 g/mol. The molecule has 1 fully saturated rings. The maximum absolute atomic E-state index is 12.7. The first kappa shape index (κ1) is 22.8. The minimum Gasteiger partial charge on any atom is -0.488 e. The number of aryl methyl sites for hydroxylation is 1. The van der Waals surface area contributed by atoms with Crippen molar-refractivity contribution in [1.82, 2.24) is 20.0 Å². The van der Waals surface area contributed by atoms with Crippen LogP contribution in [0, 0.1) is 6.92 Å². The summed E-state index contributed by atoms with van der Waals surface area (Å²) in [5.41, 5.74) is 0.161. The molecule has 0 bridgehead atoms. The zero-order chi connectivity index (χ0) is 23.5. The average Bonchev–Trinajstić information content (AvgIpc) is 3.39. The summed E-state index contributed by atoms with van der Waals surface area (Å²) < 4.78 is 41.8. The van der Waals surface area contributed by atoms with Crippen molar-refractivity contribution < 1.29 is 27.5 Å². The van der Waals surface area contributed by atoms with E-state index in [2.05, 4.69) is 25.9 Å². The Bertz CT molecular complexity index is 1200. The molecule has 14 heteroatoms. The van der Waals surface area contributed by atoms with E-state index in [0.717, 1.165) is 17.0 Å². The molecule has 1 saturated carbocycles. The molecule has 0 radical (unpaired) electrons.